The first-order valence-electron chi connectivity index (χ1n) is 6.37. The van der Waals surface area contributed by atoms with Crippen molar-refractivity contribution < 1.29 is 4.74 Å². The number of hydrogen-bond acceptors (Lipinski definition) is 3. The van der Waals surface area contributed by atoms with Crippen LogP contribution in [0.2, 0.25) is 0 Å². The Morgan fingerprint density at radius 2 is 2.05 bits per heavy atom. The van der Waals surface area contributed by atoms with E-state index in [1.165, 1.54) is 0 Å². The van der Waals surface area contributed by atoms with E-state index in [4.69, 9.17) is 4.74 Å². The highest BCUT2D eigenvalue weighted by atomic mass is 79.9. The third kappa shape index (κ3) is 3.75. The van der Waals surface area contributed by atoms with Crippen LogP contribution in [-0.2, 0) is 0 Å². The van der Waals surface area contributed by atoms with Gasteiger partial charge in [-0.15, -0.1) is 0 Å². The molecule has 3 nitrogen and oxygen atoms in total. The van der Waals surface area contributed by atoms with Crippen LogP contribution in [0.25, 0.3) is 0 Å². The molecular weight excluding hydrogens is 316 g/mol. The van der Waals surface area contributed by atoms with Gasteiger partial charge in [0.05, 0.1) is 12.7 Å². The average molecular weight is 331 g/mol. The molecule has 0 spiro atoms. The molecule has 0 aliphatic rings. The zero-order valence-corrected chi connectivity index (χ0v) is 12.7. The molecule has 0 bridgehead atoms. The number of hydrogen-bond donors (Lipinski definition) is 1. The smallest absolute Gasteiger partial charge is 0.140 e. The summed E-state index contributed by atoms with van der Waals surface area (Å²) in [7, 11) is 0. The van der Waals surface area contributed by atoms with E-state index in [1.54, 1.807) is 0 Å². The van der Waals surface area contributed by atoms with Gasteiger partial charge in [0.15, 0.2) is 0 Å². The third-order valence-corrected chi connectivity index (χ3v) is 3.26. The van der Waals surface area contributed by atoms with E-state index in [9.17, 15) is 5.26 Å². The average Bonchev–Trinajstić information content (AvgIpc) is 2.45. The summed E-state index contributed by atoms with van der Waals surface area (Å²) in [6, 6.07) is 17.2. The molecule has 102 valence electrons. The Kier molecular flexibility index (Phi) is 5.03. The lowest BCUT2D eigenvalue weighted by Crippen LogP contribution is -2.08. The largest absolute Gasteiger partial charge is 0.494 e. The first-order chi connectivity index (χ1) is 9.72. The van der Waals surface area contributed by atoms with E-state index < -0.39 is 6.04 Å². The van der Waals surface area contributed by atoms with Crippen LogP contribution in [0.1, 0.15) is 18.5 Å². The van der Waals surface area contributed by atoms with Gasteiger partial charge < -0.3 is 10.1 Å². The van der Waals surface area contributed by atoms with Crippen molar-refractivity contribution in [3.63, 3.8) is 0 Å². The van der Waals surface area contributed by atoms with Crippen molar-refractivity contribution in [1.82, 2.24) is 0 Å². The standard InChI is InChI=1S/C16H15BrN2O/c1-2-20-15-8-3-5-12(9-15)16(11-18)19-14-7-4-6-13(17)10-14/h3-10,16,19H,2H2,1H3. The Hall–Kier alpha value is -1.99. The van der Waals surface area contributed by atoms with Crippen LogP contribution in [0.15, 0.2) is 53.0 Å². The minimum atomic E-state index is -0.412. The van der Waals surface area contributed by atoms with E-state index in [-0.39, 0.29) is 0 Å². The lowest BCUT2D eigenvalue weighted by Gasteiger charge is -2.14. The molecule has 2 aromatic carbocycles. The van der Waals surface area contributed by atoms with Gasteiger partial charge in [-0.2, -0.15) is 5.26 Å². The van der Waals surface area contributed by atoms with Gasteiger partial charge in [-0.05, 0) is 42.8 Å². The molecular formula is C16H15BrN2O. The number of halogens is 1. The van der Waals surface area contributed by atoms with Gasteiger partial charge in [-0.1, -0.05) is 34.1 Å². The lowest BCUT2D eigenvalue weighted by atomic mass is 10.1. The van der Waals surface area contributed by atoms with E-state index in [0.717, 1.165) is 21.5 Å². The van der Waals surface area contributed by atoms with Crippen molar-refractivity contribution in [2.45, 2.75) is 13.0 Å². The van der Waals surface area contributed by atoms with Gasteiger partial charge in [0.25, 0.3) is 0 Å². The number of rotatable bonds is 5. The summed E-state index contributed by atoms with van der Waals surface area (Å²) in [5, 5.41) is 12.6. The predicted octanol–water partition coefficient (Wildman–Crippen LogP) is 4.52. The number of benzene rings is 2. The molecule has 0 radical (unpaired) electrons. The molecule has 4 heteroatoms. The van der Waals surface area contributed by atoms with Crippen LogP contribution in [0, 0.1) is 11.3 Å². The summed E-state index contributed by atoms with van der Waals surface area (Å²) in [4.78, 5) is 0. The molecule has 0 aromatic heterocycles. The minimum absolute atomic E-state index is 0.412. The van der Waals surface area contributed by atoms with E-state index in [1.807, 2.05) is 55.5 Å². The number of nitrogens with zero attached hydrogens (tertiary/aromatic N) is 1. The van der Waals surface area contributed by atoms with Gasteiger partial charge >= 0.3 is 0 Å². The Morgan fingerprint density at radius 3 is 2.75 bits per heavy atom. The number of nitrogens with one attached hydrogen (secondary N) is 1. The second-order valence-corrected chi connectivity index (χ2v) is 5.14. The molecule has 0 fully saturated rings. The fourth-order valence-corrected chi connectivity index (χ4v) is 2.28. The molecule has 0 aliphatic heterocycles. The van der Waals surface area contributed by atoms with Crippen molar-refractivity contribution >= 4 is 21.6 Å². The van der Waals surface area contributed by atoms with Gasteiger partial charge in [-0.25, -0.2) is 0 Å². The SMILES string of the molecule is CCOc1cccc(C(C#N)Nc2cccc(Br)c2)c1. The lowest BCUT2D eigenvalue weighted by molar-refractivity contribution is 0.340. The van der Waals surface area contributed by atoms with Crippen molar-refractivity contribution in [3.05, 3.63) is 58.6 Å². The Bertz CT molecular complexity index is 622. The topological polar surface area (TPSA) is 45.0 Å². The second kappa shape index (κ2) is 6.97. The Morgan fingerprint density at radius 1 is 1.25 bits per heavy atom. The first kappa shape index (κ1) is 14.4. The van der Waals surface area contributed by atoms with Crippen LogP contribution in [0.4, 0.5) is 5.69 Å². The quantitative estimate of drug-likeness (QED) is 0.876. The maximum atomic E-state index is 9.37. The fourth-order valence-electron chi connectivity index (χ4n) is 1.89. The monoisotopic (exact) mass is 330 g/mol. The Labute approximate surface area is 127 Å². The molecule has 1 unspecified atom stereocenters. The summed E-state index contributed by atoms with van der Waals surface area (Å²) in [6.07, 6.45) is 0. The molecule has 0 amide bonds. The van der Waals surface area contributed by atoms with Gasteiger partial charge in [0.1, 0.15) is 11.8 Å². The molecule has 1 N–H and O–H groups in total. The molecule has 0 saturated carbocycles. The summed E-state index contributed by atoms with van der Waals surface area (Å²) >= 11 is 3.42. The fraction of sp³-hybridized carbons (Fsp3) is 0.188. The van der Waals surface area contributed by atoms with Gasteiger partial charge in [0, 0.05) is 10.2 Å². The molecule has 0 saturated heterocycles. The van der Waals surface area contributed by atoms with Gasteiger partial charge in [0.2, 0.25) is 0 Å². The summed E-state index contributed by atoms with van der Waals surface area (Å²) in [6.45, 7) is 2.55. The molecule has 0 heterocycles. The van der Waals surface area contributed by atoms with Crippen LogP contribution in [0.5, 0.6) is 5.75 Å². The summed E-state index contributed by atoms with van der Waals surface area (Å²) < 4.78 is 6.44. The van der Waals surface area contributed by atoms with Crippen LogP contribution >= 0.6 is 15.9 Å². The van der Waals surface area contributed by atoms with E-state index in [0.29, 0.717) is 6.61 Å². The molecule has 20 heavy (non-hydrogen) atoms. The number of anilines is 1. The first-order valence-corrected chi connectivity index (χ1v) is 7.16. The van der Waals surface area contributed by atoms with Crippen LogP contribution in [0.3, 0.4) is 0 Å². The van der Waals surface area contributed by atoms with E-state index >= 15 is 0 Å². The summed E-state index contributed by atoms with van der Waals surface area (Å²) in [5.41, 5.74) is 1.78. The van der Waals surface area contributed by atoms with Crippen molar-refractivity contribution in [2.24, 2.45) is 0 Å². The van der Waals surface area contributed by atoms with Crippen molar-refractivity contribution in [1.29, 1.82) is 5.26 Å². The second-order valence-electron chi connectivity index (χ2n) is 4.22. The van der Waals surface area contributed by atoms with Crippen molar-refractivity contribution in [3.8, 4) is 11.8 Å². The van der Waals surface area contributed by atoms with E-state index in [2.05, 4.69) is 27.3 Å². The van der Waals surface area contributed by atoms with Crippen LogP contribution in [-0.4, -0.2) is 6.61 Å². The molecule has 2 aromatic rings. The molecule has 1 atom stereocenters. The zero-order chi connectivity index (χ0) is 14.4. The zero-order valence-electron chi connectivity index (χ0n) is 11.1. The number of ether oxygens (including phenoxy) is 1. The maximum absolute atomic E-state index is 9.37. The predicted molar refractivity (Wildman–Crippen MR) is 83.7 cm³/mol. The summed E-state index contributed by atoms with van der Waals surface area (Å²) in [5.74, 6) is 0.779. The highest BCUT2D eigenvalue weighted by Crippen LogP contribution is 2.24. The normalized spacial score (nSPS) is 11.4. The maximum Gasteiger partial charge on any atom is 0.140 e. The minimum Gasteiger partial charge on any atom is -0.494 e. The Balaban J connectivity index is 2.20. The van der Waals surface area contributed by atoms with Crippen LogP contribution < -0.4 is 10.1 Å². The third-order valence-electron chi connectivity index (χ3n) is 2.77. The van der Waals surface area contributed by atoms with Gasteiger partial charge in [-0.3, -0.25) is 0 Å². The highest BCUT2D eigenvalue weighted by molar-refractivity contribution is 9.10. The molecule has 2 rings (SSSR count). The molecule has 0 aliphatic carbocycles. The van der Waals surface area contributed by atoms with Crippen molar-refractivity contribution in [2.75, 3.05) is 11.9 Å². The highest BCUT2D eigenvalue weighted by Gasteiger charge is 2.11. The number of nitriles is 1.